The molecule has 0 saturated heterocycles. The first-order chi connectivity index (χ1) is 15.0. The minimum Gasteiger partial charge on any atom is -0.332 e. The van der Waals surface area contributed by atoms with Crippen LogP contribution >= 0.6 is 23.2 Å². The fourth-order valence-electron chi connectivity index (χ4n) is 3.08. The van der Waals surface area contributed by atoms with E-state index in [1.54, 1.807) is 16.8 Å². The molecule has 3 aromatic rings. The lowest BCUT2D eigenvalue weighted by Gasteiger charge is -2.21. The predicted octanol–water partition coefficient (Wildman–Crippen LogP) is 5.00. The molecule has 0 aliphatic heterocycles. The zero-order valence-electron chi connectivity index (χ0n) is 17.2. The van der Waals surface area contributed by atoms with Gasteiger partial charge in [-0.2, -0.15) is 5.10 Å². The number of nitrogens with one attached hydrogen (secondary N) is 1. The van der Waals surface area contributed by atoms with E-state index < -0.39 is 0 Å². The zero-order valence-corrected chi connectivity index (χ0v) is 18.7. The molecule has 0 fully saturated rings. The summed E-state index contributed by atoms with van der Waals surface area (Å²) in [4.78, 5) is 26.4. The molecular formula is C23H24Cl2N4O2. The van der Waals surface area contributed by atoms with Crippen LogP contribution in [0.25, 0.3) is 16.9 Å². The molecule has 1 N–H and O–H groups in total. The van der Waals surface area contributed by atoms with Crippen molar-refractivity contribution in [3.8, 4) is 16.9 Å². The third-order valence-corrected chi connectivity index (χ3v) is 5.18. The number of nitrogens with zero attached hydrogens (tertiary/aromatic N) is 3. The van der Waals surface area contributed by atoms with Crippen molar-refractivity contribution in [1.82, 2.24) is 14.7 Å². The lowest BCUT2D eigenvalue weighted by Crippen LogP contribution is -2.39. The van der Waals surface area contributed by atoms with Crippen LogP contribution in [0.5, 0.6) is 0 Å². The van der Waals surface area contributed by atoms with Crippen LogP contribution in [0.2, 0.25) is 5.02 Å². The quantitative estimate of drug-likeness (QED) is 0.458. The highest BCUT2D eigenvalue weighted by Crippen LogP contribution is 2.25. The number of unbranched alkanes of at least 4 members (excludes halogenated alkanes) is 1. The molecule has 2 aromatic carbocycles. The molecule has 3 rings (SSSR count). The first-order valence-corrected chi connectivity index (χ1v) is 11.0. The van der Waals surface area contributed by atoms with Crippen molar-refractivity contribution in [1.29, 1.82) is 0 Å². The number of hydrogen-bond acceptors (Lipinski definition) is 3. The van der Waals surface area contributed by atoms with Gasteiger partial charge in [-0.15, -0.1) is 11.6 Å². The molecular weight excluding hydrogens is 435 g/mol. The Morgan fingerprint density at radius 3 is 2.45 bits per heavy atom. The maximum atomic E-state index is 12.8. The highest BCUT2D eigenvalue weighted by molar-refractivity contribution is 6.30. The Labute approximate surface area is 191 Å². The van der Waals surface area contributed by atoms with Crippen LogP contribution in [0.15, 0.2) is 60.7 Å². The maximum Gasteiger partial charge on any atom is 0.245 e. The summed E-state index contributed by atoms with van der Waals surface area (Å²) in [5.74, 6) is -0.233. The Balaban J connectivity index is 1.88. The molecule has 0 atom stereocenters. The van der Waals surface area contributed by atoms with Crippen molar-refractivity contribution in [2.24, 2.45) is 0 Å². The number of alkyl halides is 1. The van der Waals surface area contributed by atoms with Gasteiger partial charge in [0.25, 0.3) is 0 Å². The van der Waals surface area contributed by atoms with E-state index in [2.05, 4.69) is 10.4 Å². The molecule has 31 heavy (non-hydrogen) atoms. The van der Waals surface area contributed by atoms with Gasteiger partial charge in [-0.3, -0.25) is 9.59 Å². The molecule has 0 saturated carbocycles. The predicted molar refractivity (Wildman–Crippen MR) is 125 cm³/mol. The SMILES string of the molecule is CCCCN(CC(=O)Nc1cc(-c2ccccc2)nn1-c1ccc(Cl)cc1)C(=O)CCl. The van der Waals surface area contributed by atoms with Crippen molar-refractivity contribution in [3.63, 3.8) is 0 Å². The molecule has 0 unspecified atom stereocenters. The van der Waals surface area contributed by atoms with Crippen molar-refractivity contribution >= 4 is 40.8 Å². The highest BCUT2D eigenvalue weighted by atomic mass is 35.5. The number of rotatable bonds is 9. The molecule has 0 aliphatic carbocycles. The van der Waals surface area contributed by atoms with Crippen LogP contribution in [0.1, 0.15) is 19.8 Å². The minimum absolute atomic E-state index is 0.0714. The van der Waals surface area contributed by atoms with Gasteiger partial charge in [0.05, 0.1) is 17.9 Å². The van der Waals surface area contributed by atoms with E-state index in [4.69, 9.17) is 23.2 Å². The maximum absolute atomic E-state index is 12.8. The third-order valence-electron chi connectivity index (χ3n) is 4.70. The summed E-state index contributed by atoms with van der Waals surface area (Å²) in [6, 6.07) is 18.7. The molecule has 0 spiro atoms. The largest absolute Gasteiger partial charge is 0.332 e. The topological polar surface area (TPSA) is 67.2 Å². The van der Waals surface area contributed by atoms with Crippen molar-refractivity contribution < 1.29 is 9.59 Å². The second-order valence-corrected chi connectivity index (χ2v) is 7.72. The molecule has 0 radical (unpaired) electrons. The smallest absolute Gasteiger partial charge is 0.245 e. The van der Waals surface area contributed by atoms with Gasteiger partial charge in [0, 0.05) is 23.2 Å². The number of anilines is 1. The van der Waals surface area contributed by atoms with Gasteiger partial charge >= 0.3 is 0 Å². The van der Waals surface area contributed by atoms with E-state index in [0.717, 1.165) is 24.1 Å². The van der Waals surface area contributed by atoms with Crippen LogP contribution < -0.4 is 5.32 Å². The number of carbonyl (C=O) groups is 2. The fraction of sp³-hybridized carbons (Fsp3) is 0.261. The average molecular weight is 459 g/mol. The summed E-state index contributed by atoms with van der Waals surface area (Å²) >= 11 is 11.7. The number of aromatic nitrogens is 2. The number of carbonyl (C=O) groups excluding carboxylic acids is 2. The van der Waals surface area contributed by atoms with E-state index in [9.17, 15) is 9.59 Å². The summed E-state index contributed by atoms with van der Waals surface area (Å²) in [5, 5.41) is 8.17. The van der Waals surface area contributed by atoms with E-state index in [1.807, 2.05) is 55.5 Å². The molecule has 0 aliphatic rings. The molecule has 8 heteroatoms. The van der Waals surface area contributed by atoms with Gasteiger partial charge in [-0.05, 0) is 30.7 Å². The Hall–Kier alpha value is -2.83. The fourth-order valence-corrected chi connectivity index (χ4v) is 3.38. The van der Waals surface area contributed by atoms with Crippen LogP contribution in [-0.4, -0.2) is 45.5 Å². The standard InChI is InChI=1S/C23H24Cl2N4O2/c1-2-3-13-28(23(31)15-24)16-22(30)26-21-14-20(17-7-5-4-6-8-17)27-29(21)19-11-9-18(25)10-12-19/h4-12,14H,2-3,13,15-16H2,1H3,(H,26,30). The second kappa shape index (κ2) is 11.0. The van der Waals surface area contributed by atoms with Gasteiger partial charge < -0.3 is 10.2 Å². The summed E-state index contributed by atoms with van der Waals surface area (Å²) in [6.45, 7) is 2.44. The summed E-state index contributed by atoms with van der Waals surface area (Å²) in [6.07, 6.45) is 1.72. The Kier molecular flexibility index (Phi) is 8.09. The number of halogens is 2. The number of benzene rings is 2. The summed E-state index contributed by atoms with van der Waals surface area (Å²) < 4.78 is 1.65. The first-order valence-electron chi connectivity index (χ1n) is 10.1. The van der Waals surface area contributed by atoms with Gasteiger partial charge in [-0.25, -0.2) is 4.68 Å². The Morgan fingerprint density at radius 2 is 1.81 bits per heavy atom. The van der Waals surface area contributed by atoms with Crippen LogP contribution in [-0.2, 0) is 9.59 Å². The van der Waals surface area contributed by atoms with E-state index in [1.165, 1.54) is 4.90 Å². The third kappa shape index (κ3) is 6.09. The molecule has 1 aromatic heterocycles. The van der Waals surface area contributed by atoms with Crippen molar-refractivity contribution in [2.75, 3.05) is 24.3 Å². The monoisotopic (exact) mass is 458 g/mol. The molecule has 6 nitrogen and oxygen atoms in total. The van der Waals surface area contributed by atoms with Gasteiger partial charge in [0.2, 0.25) is 11.8 Å². The minimum atomic E-state index is -0.315. The second-order valence-electron chi connectivity index (χ2n) is 7.02. The first kappa shape index (κ1) is 22.8. The summed E-state index contributed by atoms with van der Waals surface area (Å²) in [7, 11) is 0. The normalized spacial score (nSPS) is 10.7. The van der Waals surface area contributed by atoms with Gasteiger partial charge in [0.15, 0.2) is 0 Å². The Morgan fingerprint density at radius 1 is 1.10 bits per heavy atom. The molecule has 1 heterocycles. The molecule has 0 bridgehead atoms. The molecule has 162 valence electrons. The average Bonchev–Trinajstić information content (AvgIpc) is 3.20. The van der Waals surface area contributed by atoms with Crippen LogP contribution in [0.4, 0.5) is 5.82 Å². The van der Waals surface area contributed by atoms with E-state index in [-0.39, 0.29) is 24.2 Å². The van der Waals surface area contributed by atoms with E-state index in [0.29, 0.717) is 23.1 Å². The molecule has 2 amide bonds. The lowest BCUT2D eigenvalue weighted by molar-refractivity contribution is -0.132. The number of hydrogen-bond donors (Lipinski definition) is 1. The van der Waals surface area contributed by atoms with Gasteiger partial charge in [-0.1, -0.05) is 55.3 Å². The van der Waals surface area contributed by atoms with Crippen molar-refractivity contribution in [3.05, 3.63) is 65.7 Å². The van der Waals surface area contributed by atoms with E-state index >= 15 is 0 Å². The highest BCUT2D eigenvalue weighted by Gasteiger charge is 2.18. The lowest BCUT2D eigenvalue weighted by atomic mass is 10.1. The van der Waals surface area contributed by atoms with Crippen LogP contribution in [0.3, 0.4) is 0 Å². The van der Waals surface area contributed by atoms with Crippen molar-refractivity contribution in [2.45, 2.75) is 19.8 Å². The zero-order chi connectivity index (χ0) is 22.2. The van der Waals surface area contributed by atoms with Crippen LogP contribution in [0, 0.1) is 0 Å². The number of amides is 2. The Bertz CT molecular complexity index is 1020. The summed E-state index contributed by atoms with van der Waals surface area (Å²) in [5.41, 5.74) is 2.39. The van der Waals surface area contributed by atoms with Gasteiger partial charge in [0.1, 0.15) is 11.7 Å².